The van der Waals surface area contributed by atoms with Crippen LogP contribution < -0.4 is 0 Å². The van der Waals surface area contributed by atoms with E-state index in [0.717, 1.165) is 16.7 Å². The molecule has 2 heteroatoms. The first kappa shape index (κ1) is 15.8. The van der Waals surface area contributed by atoms with Crippen molar-refractivity contribution in [3.63, 3.8) is 0 Å². The molecule has 2 nitrogen and oxygen atoms in total. The molecule has 0 atom stereocenters. The molecule has 0 aliphatic rings. The Balaban J connectivity index is 1.93. The van der Waals surface area contributed by atoms with Crippen LogP contribution in [0.25, 0.3) is 38.9 Å². The van der Waals surface area contributed by atoms with Crippen molar-refractivity contribution < 1.29 is 0 Å². The van der Waals surface area contributed by atoms with E-state index in [1.165, 1.54) is 33.4 Å². The Labute approximate surface area is 158 Å². The molecule has 0 aliphatic carbocycles. The van der Waals surface area contributed by atoms with E-state index < -0.39 is 0 Å². The van der Waals surface area contributed by atoms with Crippen LogP contribution in [0.5, 0.6) is 0 Å². The first-order valence-corrected chi connectivity index (χ1v) is 9.25. The molecule has 0 saturated carbocycles. The highest BCUT2D eigenvalue weighted by atomic mass is 15.0. The summed E-state index contributed by atoms with van der Waals surface area (Å²) in [6.45, 7) is 4.30. The average molecular weight is 348 g/mol. The van der Waals surface area contributed by atoms with Crippen LogP contribution >= 0.6 is 0 Å². The minimum absolute atomic E-state index is 1.00. The summed E-state index contributed by atoms with van der Waals surface area (Å²) in [5, 5.41) is 0. The fraction of sp³-hybridized carbons (Fsp3) is 0.0800. The predicted octanol–water partition coefficient (Wildman–Crippen LogP) is 6.44. The van der Waals surface area contributed by atoms with Crippen molar-refractivity contribution in [2.45, 2.75) is 13.8 Å². The third kappa shape index (κ3) is 2.53. The summed E-state index contributed by atoms with van der Waals surface area (Å²) in [4.78, 5) is 5.04. The lowest BCUT2D eigenvalue weighted by Crippen LogP contribution is -1.93. The van der Waals surface area contributed by atoms with Crippen molar-refractivity contribution >= 4 is 16.7 Å². The maximum absolute atomic E-state index is 5.04. The Hall–Kier alpha value is -3.39. The number of rotatable bonds is 2. The van der Waals surface area contributed by atoms with Crippen LogP contribution in [0.4, 0.5) is 0 Å². The molecule has 0 fully saturated rings. The van der Waals surface area contributed by atoms with E-state index in [9.17, 15) is 0 Å². The van der Waals surface area contributed by atoms with E-state index in [1.807, 2.05) is 0 Å². The highest BCUT2D eigenvalue weighted by Gasteiger charge is 2.16. The van der Waals surface area contributed by atoms with Crippen molar-refractivity contribution in [2.75, 3.05) is 0 Å². The van der Waals surface area contributed by atoms with Crippen LogP contribution in [0, 0.1) is 13.8 Å². The monoisotopic (exact) mass is 348 g/mol. The quantitative estimate of drug-likeness (QED) is 0.359. The number of pyridine rings is 1. The van der Waals surface area contributed by atoms with E-state index in [4.69, 9.17) is 4.98 Å². The van der Waals surface area contributed by atoms with Crippen molar-refractivity contribution in [1.82, 2.24) is 9.38 Å². The highest BCUT2D eigenvalue weighted by Crippen LogP contribution is 2.36. The van der Waals surface area contributed by atoms with Crippen molar-refractivity contribution in [2.24, 2.45) is 0 Å². The maximum atomic E-state index is 5.04. The number of imidazole rings is 1. The predicted molar refractivity (Wildman–Crippen MR) is 113 cm³/mol. The van der Waals surface area contributed by atoms with Crippen LogP contribution in [-0.4, -0.2) is 9.38 Å². The molecule has 0 aliphatic heterocycles. The number of benzene rings is 3. The first-order chi connectivity index (χ1) is 13.2. The van der Waals surface area contributed by atoms with Gasteiger partial charge in [0.2, 0.25) is 0 Å². The molecule has 0 spiro atoms. The summed E-state index contributed by atoms with van der Waals surface area (Å²) < 4.78 is 2.22. The molecular formula is C25H20N2. The van der Waals surface area contributed by atoms with Gasteiger partial charge in [-0.15, -0.1) is 0 Å². The molecule has 5 aromatic rings. The van der Waals surface area contributed by atoms with Gasteiger partial charge in [-0.05, 0) is 59.9 Å². The second-order valence-corrected chi connectivity index (χ2v) is 7.07. The Morgan fingerprint density at radius 2 is 1.33 bits per heavy atom. The summed E-state index contributed by atoms with van der Waals surface area (Å²) in [5.74, 6) is 0. The van der Waals surface area contributed by atoms with Gasteiger partial charge < -0.3 is 0 Å². The first-order valence-electron chi connectivity index (χ1n) is 9.25. The molecule has 2 heterocycles. The molecule has 0 bridgehead atoms. The van der Waals surface area contributed by atoms with Gasteiger partial charge in [0.05, 0.1) is 11.0 Å². The molecule has 0 radical (unpaired) electrons. The lowest BCUT2D eigenvalue weighted by atomic mass is 9.96. The number of fused-ring (bicyclic) bond motifs is 3. The Morgan fingerprint density at radius 3 is 2.04 bits per heavy atom. The molecular weight excluding hydrogens is 328 g/mol. The summed E-state index contributed by atoms with van der Waals surface area (Å²) in [6, 6.07) is 27.7. The summed E-state index contributed by atoms with van der Waals surface area (Å²) in [7, 11) is 0. The van der Waals surface area contributed by atoms with Crippen molar-refractivity contribution in [3.05, 3.63) is 96.2 Å². The smallest absolute Gasteiger partial charge is 0.146 e. The third-order valence-electron chi connectivity index (χ3n) is 5.34. The molecule has 0 unspecified atom stereocenters. The standard InChI is InChI=1S/C25H20N2/c1-17-15-22-23(16-18(17)2)27-14-13-21(19-9-5-3-6-10-19)24(25(27)26-22)20-11-7-4-8-12-20/h3-16H,1-2H3. The molecule has 0 saturated heterocycles. The summed E-state index contributed by atoms with van der Waals surface area (Å²) in [6.07, 6.45) is 2.15. The fourth-order valence-corrected chi connectivity index (χ4v) is 3.78. The highest BCUT2D eigenvalue weighted by molar-refractivity contribution is 5.96. The van der Waals surface area contributed by atoms with Gasteiger partial charge in [-0.2, -0.15) is 0 Å². The largest absolute Gasteiger partial charge is 0.299 e. The lowest BCUT2D eigenvalue weighted by Gasteiger charge is -2.12. The van der Waals surface area contributed by atoms with E-state index in [0.29, 0.717) is 0 Å². The number of hydrogen-bond acceptors (Lipinski definition) is 1. The molecule has 2 aromatic heterocycles. The van der Waals surface area contributed by atoms with Gasteiger partial charge in [0.25, 0.3) is 0 Å². The van der Waals surface area contributed by atoms with Crippen molar-refractivity contribution in [3.8, 4) is 22.3 Å². The van der Waals surface area contributed by atoms with Gasteiger partial charge in [-0.1, -0.05) is 60.7 Å². The van der Waals surface area contributed by atoms with Crippen LogP contribution in [0.3, 0.4) is 0 Å². The van der Waals surface area contributed by atoms with Gasteiger partial charge in [-0.3, -0.25) is 4.40 Å². The summed E-state index contributed by atoms with van der Waals surface area (Å²) in [5.41, 5.74) is 10.5. The second-order valence-electron chi connectivity index (χ2n) is 7.07. The number of aromatic nitrogens is 2. The molecule has 0 amide bonds. The van der Waals surface area contributed by atoms with E-state index in [1.54, 1.807) is 0 Å². The zero-order chi connectivity index (χ0) is 18.4. The second kappa shape index (κ2) is 6.10. The minimum Gasteiger partial charge on any atom is -0.299 e. The van der Waals surface area contributed by atoms with Gasteiger partial charge in [0.15, 0.2) is 0 Å². The third-order valence-corrected chi connectivity index (χ3v) is 5.34. The summed E-state index contributed by atoms with van der Waals surface area (Å²) >= 11 is 0. The Bertz CT molecular complexity index is 1270. The molecule has 5 rings (SSSR count). The normalized spacial score (nSPS) is 11.3. The van der Waals surface area contributed by atoms with Gasteiger partial charge >= 0.3 is 0 Å². The zero-order valence-electron chi connectivity index (χ0n) is 15.5. The SMILES string of the molecule is Cc1cc2nc3c(-c4ccccc4)c(-c4ccccc4)ccn3c2cc1C. The fourth-order valence-electron chi connectivity index (χ4n) is 3.78. The minimum atomic E-state index is 1.00. The van der Waals surface area contributed by atoms with E-state index in [-0.39, 0.29) is 0 Å². The van der Waals surface area contributed by atoms with Gasteiger partial charge in [0, 0.05) is 11.8 Å². The van der Waals surface area contributed by atoms with Crippen LogP contribution in [0.1, 0.15) is 11.1 Å². The number of hydrogen-bond donors (Lipinski definition) is 0. The van der Waals surface area contributed by atoms with Crippen LogP contribution in [0.2, 0.25) is 0 Å². The topological polar surface area (TPSA) is 17.3 Å². The molecule has 130 valence electrons. The van der Waals surface area contributed by atoms with Crippen LogP contribution in [0.15, 0.2) is 85.1 Å². The Morgan fingerprint density at radius 1 is 0.704 bits per heavy atom. The molecule has 27 heavy (non-hydrogen) atoms. The molecule has 3 aromatic carbocycles. The van der Waals surface area contributed by atoms with Gasteiger partial charge in [-0.25, -0.2) is 4.98 Å². The van der Waals surface area contributed by atoms with Crippen LogP contribution in [-0.2, 0) is 0 Å². The maximum Gasteiger partial charge on any atom is 0.146 e. The number of aryl methyl sites for hydroxylation is 2. The molecule has 0 N–H and O–H groups in total. The van der Waals surface area contributed by atoms with E-state index in [2.05, 4.69) is 103 Å². The van der Waals surface area contributed by atoms with Gasteiger partial charge in [0.1, 0.15) is 5.65 Å². The van der Waals surface area contributed by atoms with E-state index >= 15 is 0 Å². The number of nitrogens with zero attached hydrogens (tertiary/aromatic N) is 2. The Kier molecular flexibility index (Phi) is 3.58. The van der Waals surface area contributed by atoms with Crippen molar-refractivity contribution in [1.29, 1.82) is 0 Å². The zero-order valence-corrected chi connectivity index (χ0v) is 15.5. The lowest BCUT2D eigenvalue weighted by molar-refractivity contribution is 1.22. The average Bonchev–Trinajstić information content (AvgIpc) is 3.06.